The third kappa shape index (κ3) is 12.8. The highest BCUT2D eigenvalue weighted by atomic mass is 79.9. The second-order valence-electron chi connectivity index (χ2n) is 20.6. The number of carbonyl (C=O) groups is 7. The van der Waals surface area contributed by atoms with Gasteiger partial charge in [0.05, 0.1) is 35.4 Å². The molecule has 7 N–H and O–H groups in total. The SMILES string of the molecule is CCC1(OC(=O)CC2(CNC(=O)OCc3ccc(NC(=O)C(CCCNC(N)=O)NC(=O)C(NC(=O)OC(C)(C)C)C(C)C)cc3)CCCCC2)C(=O)OCc2c1cc1n(c2=O)Cc2cc3c(Br)cccc3nc2-1. The van der Waals surface area contributed by atoms with E-state index in [2.05, 4.69) is 42.5 Å². The van der Waals surface area contributed by atoms with Gasteiger partial charge in [-0.05, 0) is 106 Å². The van der Waals surface area contributed by atoms with E-state index in [0.29, 0.717) is 35.5 Å². The van der Waals surface area contributed by atoms with Gasteiger partial charge in [0.25, 0.3) is 5.56 Å². The number of anilines is 1. The smallest absolute Gasteiger partial charge is 0.408 e. The number of cyclic esters (lactones) is 1. The van der Waals surface area contributed by atoms with E-state index in [9.17, 15) is 38.4 Å². The maximum Gasteiger partial charge on any atom is 0.408 e. The number of halogens is 1. The fraction of sp³-hybridized carbons (Fsp3) is 0.491. The minimum absolute atomic E-state index is 0.00907. The number of alkyl carbamates (subject to hydrolysis) is 2. The lowest BCUT2D eigenvalue weighted by atomic mass is 9.71. The van der Waals surface area contributed by atoms with E-state index in [1.807, 2.05) is 24.3 Å². The number of primary amides is 1. The Morgan fingerprint density at radius 3 is 2.34 bits per heavy atom. The molecule has 4 heterocycles. The first-order valence-corrected chi connectivity index (χ1v) is 25.8. The van der Waals surface area contributed by atoms with Gasteiger partial charge >= 0.3 is 30.2 Å². The number of fused-ring (bicyclic) bond motifs is 5. The molecule has 0 spiro atoms. The third-order valence-corrected chi connectivity index (χ3v) is 14.3. The summed E-state index contributed by atoms with van der Waals surface area (Å²) in [6.07, 6.45) is 2.57. The molecule has 2 aromatic carbocycles. The number of ether oxygens (including phenoxy) is 4. The Labute approximate surface area is 437 Å². The van der Waals surface area contributed by atoms with Crippen LogP contribution in [0.25, 0.3) is 22.3 Å². The number of pyridine rings is 2. The first-order valence-electron chi connectivity index (χ1n) is 25.0. The zero-order valence-electron chi connectivity index (χ0n) is 42.6. The molecule has 6 amide bonds. The standard InChI is InChI=1S/C53H65BrN8O12/c1-7-53(36-24-40-43-32(23-34-37(54)13-11-14-38(34)59-43)26-62(40)46(66)35(36)28-71-47(53)67)73-41(63)25-52(20-9-8-10-21-52)29-57-49(69)72-27-31-16-18-33(19-17-31)58-44(64)39(15-12-22-56-48(55)68)60-45(65)42(30(2)3)61-50(70)74-51(4,5)6/h11,13-14,16-19,23-24,30,39,42H,7-10,12,15,20-22,25-29H2,1-6H3,(H,57,69)(H,58,64)(H,60,65)(H,61,70)(H3,55,56,68). The number of hydrogen-bond donors (Lipinski definition) is 6. The largest absolute Gasteiger partial charge is 0.457 e. The van der Waals surface area contributed by atoms with Crippen LogP contribution in [0, 0.1) is 11.3 Å². The van der Waals surface area contributed by atoms with Crippen molar-refractivity contribution in [2.75, 3.05) is 18.4 Å². The Hall–Kier alpha value is -7.03. The summed E-state index contributed by atoms with van der Waals surface area (Å²) in [6, 6.07) is 13.1. The molecule has 3 atom stereocenters. The van der Waals surface area contributed by atoms with Gasteiger partial charge in [0.1, 0.15) is 30.9 Å². The molecule has 0 radical (unpaired) electrons. The molecule has 2 aromatic heterocycles. The van der Waals surface area contributed by atoms with Gasteiger partial charge < -0.3 is 55.8 Å². The van der Waals surface area contributed by atoms with E-state index in [1.54, 1.807) is 76.4 Å². The highest BCUT2D eigenvalue weighted by Crippen LogP contribution is 2.44. The van der Waals surface area contributed by atoms with Crippen molar-refractivity contribution in [1.82, 2.24) is 30.8 Å². The van der Waals surface area contributed by atoms with Gasteiger partial charge in [-0.1, -0.05) is 74.2 Å². The second kappa shape index (κ2) is 23.0. The first kappa shape index (κ1) is 54.7. The highest BCUT2D eigenvalue weighted by Gasteiger charge is 2.51. The normalized spacial score (nSPS) is 17.3. The number of hydrogen-bond acceptors (Lipinski definition) is 13. The summed E-state index contributed by atoms with van der Waals surface area (Å²) in [4.78, 5) is 111. The number of carbonyl (C=O) groups excluding carboxylic acids is 7. The molecule has 21 heteroatoms. The molecule has 74 heavy (non-hydrogen) atoms. The number of nitrogens with two attached hydrogens (primary N) is 1. The fourth-order valence-electron chi connectivity index (χ4n) is 9.77. The molecular formula is C53H65BrN8O12. The first-order chi connectivity index (χ1) is 35.1. The number of nitrogens with zero attached hydrogens (tertiary/aromatic N) is 2. The summed E-state index contributed by atoms with van der Waals surface area (Å²) in [7, 11) is 0. The molecular weight excluding hydrogens is 1020 g/mol. The molecule has 1 saturated carbocycles. The molecule has 1 fully saturated rings. The van der Waals surface area contributed by atoms with Crippen LogP contribution in [0.4, 0.5) is 20.1 Å². The number of urea groups is 1. The summed E-state index contributed by atoms with van der Waals surface area (Å²) < 4.78 is 25.2. The van der Waals surface area contributed by atoms with E-state index in [1.165, 1.54) is 0 Å². The van der Waals surface area contributed by atoms with Crippen LogP contribution in [0.15, 0.2) is 63.9 Å². The van der Waals surface area contributed by atoms with E-state index in [-0.39, 0.29) is 81.1 Å². The minimum Gasteiger partial charge on any atom is -0.457 e. The van der Waals surface area contributed by atoms with E-state index in [4.69, 9.17) is 29.7 Å². The van der Waals surface area contributed by atoms with E-state index >= 15 is 0 Å². The van der Waals surface area contributed by atoms with Gasteiger partial charge in [0.15, 0.2) is 0 Å². The molecule has 396 valence electrons. The molecule has 3 unspecified atom stereocenters. The van der Waals surface area contributed by atoms with Crippen molar-refractivity contribution in [3.05, 3.63) is 91.7 Å². The minimum atomic E-state index is -1.88. The summed E-state index contributed by atoms with van der Waals surface area (Å²) in [5.41, 5.74) is 5.65. The zero-order chi connectivity index (χ0) is 53.5. The summed E-state index contributed by atoms with van der Waals surface area (Å²) in [5, 5.41) is 14.3. The average Bonchev–Trinajstić information content (AvgIpc) is 3.71. The van der Waals surface area contributed by atoms with Gasteiger partial charge in [-0.25, -0.2) is 24.2 Å². The van der Waals surface area contributed by atoms with Crippen molar-refractivity contribution in [1.29, 1.82) is 0 Å². The van der Waals surface area contributed by atoms with Gasteiger partial charge in [-0.3, -0.25) is 19.2 Å². The van der Waals surface area contributed by atoms with Crippen molar-refractivity contribution < 1.29 is 52.5 Å². The fourth-order valence-corrected chi connectivity index (χ4v) is 10.2. The maximum atomic E-state index is 14.2. The van der Waals surface area contributed by atoms with Gasteiger partial charge in [-0.2, -0.15) is 0 Å². The molecule has 3 aliphatic rings. The molecule has 1 aliphatic carbocycles. The van der Waals surface area contributed by atoms with E-state index < -0.39 is 70.7 Å². The van der Waals surface area contributed by atoms with Crippen molar-refractivity contribution in [2.24, 2.45) is 17.1 Å². The lowest BCUT2D eigenvalue weighted by Gasteiger charge is -2.39. The van der Waals surface area contributed by atoms with Crippen LogP contribution in [0.1, 0.15) is 122 Å². The monoisotopic (exact) mass is 1080 g/mol. The molecule has 2 aliphatic heterocycles. The zero-order valence-corrected chi connectivity index (χ0v) is 44.2. The highest BCUT2D eigenvalue weighted by molar-refractivity contribution is 9.10. The topological polar surface area (TPSA) is 277 Å². The summed E-state index contributed by atoms with van der Waals surface area (Å²) >= 11 is 3.60. The third-order valence-electron chi connectivity index (χ3n) is 13.6. The quantitative estimate of drug-likeness (QED) is 0.0291. The number of amides is 6. The lowest BCUT2D eigenvalue weighted by Crippen LogP contribution is -2.55. The van der Waals surface area contributed by atoms with E-state index in [0.717, 1.165) is 40.2 Å². The second-order valence-corrected chi connectivity index (χ2v) is 21.4. The van der Waals surface area contributed by atoms with Crippen LogP contribution < -0.4 is 37.9 Å². The Kier molecular flexibility index (Phi) is 17.0. The van der Waals surface area contributed by atoms with Gasteiger partial charge in [0, 0.05) is 39.8 Å². The molecule has 0 saturated heterocycles. The maximum absolute atomic E-state index is 14.2. The predicted molar refractivity (Wildman–Crippen MR) is 276 cm³/mol. The van der Waals surface area contributed by atoms with Crippen LogP contribution in [0.5, 0.6) is 0 Å². The Balaban J connectivity index is 0.966. The predicted octanol–water partition coefficient (Wildman–Crippen LogP) is 7.08. The van der Waals surface area contributed by atoms with Crippen LogP contribution in [0.2, 0.25) is 0 Å². The number of aromatic nitrogens is 2. The number of benzene rings is 2. The van der Waals surface area contributed by atoms with Crippen LogP contribution >= 0.6 is 15.9 Å². The molecule has 20 nitrogen and oxygen atoms in total. The molecule has 7 rings (SSSR count). The van der Waals surface area contributed by atoms with Gasteiger partial charge in [0.2, 0.25) is 17.4 Å². The average molecular weight is 1090 g/mol. The summed E-state index contributed by atoms with van der Waals surface area (Å²) in [5.74, 6) is -2.95. The van der Waals surface area contributed by atoms with Crippen molar-refractivity contribution >= 4 is 74.5 Å². The summed E-state index contributed by atoms with van der Waals surface area (Å²) in [6.45, 7) is 10.4. The Bertz CT molecular complexity index is 2880. The lowest BCUT2D eigenvalue weighted by molar-refractivity contribution is -0.191. The molecule has 4 aromatic rings. The van der Waals surface area contributed by atoms with Crippen LogP contribution in [-0.4, -0.2) is 82.3 Å². The Morgan fingerprint density at radius 2 is 1.66 bits per heavy atom. The number of nitrogens with one attached hydrogen (secondary N) is 5. The van der Waals surface area contributed by atoms with Gasteiger partial charge in [-0.15, -0.1) is 0 Å². The number of rotatable bonds is 18. The molecule has 0 bridgehead atoms. The number of esters is 2. The Morgan fingerprint density at radius 1 is 0.932 bits per heavy atom. The van der Waals surface area contributed by atoms with Crippen molar-refractivity contribution in [3.8, 4) is 11.4 Å². The van der Waals surface area contributed by atoms with Crippen molar-refractivity contribution in [3.63, 3.8) is 0 Å². The van der Waals surface area contributed by atoms with Crippen LogP contribution in [-0.2, 0) is 63.5 Å². The van der Waals surface area contributed by atoms with Crippen LogP contribution in [0.3, 0.4) is 0 Å². The van der Waals surface area contributed by atoms with Crippen molar-refractivity contribution in [2.45, 2.75) is 142 Å².